The van der Waals surface area contributed by atoms with E-state index in [0.29, 0.717) is 12.3 Å². The summed E-state index contributed by atoms with van der Waals surface area (Å²) in [5, 5.41) is 11.9. The van der Waals surface area contributed by atoms with Crippen molar-refractivity contribution in [3.05, 3.63) is 47.9 Å². The normalized spacial score (nSPS) is 9.88. The SMILES string of the molecule is CSc1cccc(NCc2ccc(C#N)o2)c1. The Balaban J connectivity index is 1.99. The molecule has 0 bridgehead atoms. The molecule has 0 saturated carbocycles. The van der Waals surface area contributed by atoms with E-state index in [1.165, 1.54) is 4.90 Å². The maximum absolute atomic E-state index is 8.64. The molecule has 0 radical (unpaired) electrons. The van der Waals surface area contributed by atoms with Crippen LogP contribution < -0.4 is 5.32 Å². The molecule has 4 heteroatoms. The van der Waals surface area contributed by atoms with Gasteiger partial charge in [0.2, 0.25) is 5.76 Å². The fourth-order valence-electron chi connectivity index (χ4n) is 1.46. The van der Waals surface area contributed by atoms with Crippen molar-refractivity contribution in [1.82, 2.24) is 0 Å². The first-order valence-electron chi connectivity index (χ1n) is 5.18. The van der Waals surface area contributed by atoms with E-state index < -0.39 is 0 Å². The summed E-state index contributed by atoms with van der Waals surface area (Å²) in [7, 11) is 0. The maximum atomic E-state index is 8.64. The largest absolute Gasteiger partial charge is 0.449 e. The molecular formula is C13H12N2OS. The lowest BCUT2D eigenvalue weighted by atomic mass is 10.3. The zero-order chi connectivity index (χ0) is 12.1. The second kappa shape index (κ2) is 5.46. The average molecular weight is 244 g/mol. The third-order valence-electron chi connectivity index (χ3n) is 2.31. The molecule has 1 aromatic heterocycles. The number of nitriles is 1. The molecule has 0 aliphatic heterocycles. The van der Waals surface area contributed by atoms with Gasteiger partial charge in [-0.05, 0) is 36.6 Å². The molecule has 2 aromatic rings. The van der Waals surface area contributed by atoms with Gasteiger partial charge < -0.3 is 9.73 Å². The predicted octanol–water partition coefficient (Wildman–Crippen LogP) is 3.49. The highest BCUT2D eigenvalue weighted by Gasteiger charge is 2.01. The van der Waals surface area contributed by atoms with Crippen molar-refractivity contribution < 1.29 is 4.42 Å². The summed E-state index contributed by atoms with van der Waals surface area (Å²) in [6.07, 6.45) is 2.05. The van der Waals surface area contributed by atoms with Crippen LogP contribution in [0.25, 0.3) is 0 Å². The highest BCUT2D eigenvalue weighted by molar-refractivity contribution is 7.98. The van der Waals surface area contributed by atoms with Crippen LogP contribution in [0.15, 0.2) is 45.7 Å². The van der Waals surface area contributed by atoms with Crippen molar-refractivity contribution in [1.29, 1.82) is 5.26 Å². The number of hydrogen-bond donors (Lipinski definition) is 1. The van der Waals surface area contributed by atoms with Gasteiger partial charge in [-0.1, -0.05) is 6.07 Å². The van der Waals surface area contributed by atoms with Gasteiger partial charge in [0.1, 0.15) is 11.8 Å². The number of benzene rings is 1. The number of hydrogen-bond acceptors (Lipinski definition) is 4. The Hall–Kier alpha value is -1.86. The van der Waals surface area contributed by atoms with Crippen LogP contribution in [0.4, 0.5) is 5.69 Å². The summed E-state index contributed by atoms with van der Waals surface area (Å²) in [6.45, 7) is 0.583. The van der Waals surface area contributed by atoms with Gasteiger partial charge in [-0.3, -0.25) is 0 Å². The molecule has 0 amide bonds. The van der Waals surface area contributed by atoms with Gasteiger partial charge in [0.25, 0.3) is 0 Å². The molecule has 1 aromatic carbocycles. The monoisotopic (exact) mass is 244 g/mol. The Kier molecular flexibility index (Phi) is 3.73. The van der Waals surface area contributed by atoms with E-state index in [-0.39, 0.29) is 0 Å². The third-order valence-corrected chi connectivity index (χ3v) is 3.03. The topological polar surface area (TPSA) is 49.0 Å². The molecule has 1 N–H and O–H groups in total. The summed E-state index contributed by atoms with van der Waals surface area (Å²) >= 11 is 1.71. The summed E-state index contributed by atoms with van der Waals surface area (Å²) in [5.41, 5.74) is 1.05. The second-order valence-corrected chi connectivity index (χ2v) is 4.34. The van der Waals surface area contributed by atoms with Gasteiger partial charge in [-0.25, -0.2) is 0 Å². The third kappa shape index (κ3) is 3.05. The van der Waals surface area contributed by atoms with Crippen molar-refractivity contribution in [2.24, 2.45) is 0 Å². The zero-order valence-electron chi connectivity index (χ0n) is 9.43. The van der Waals surface area contributed by atoms with Crippen LogP contribution in [0, 0.1) is 11.3 Å². The minimum atomic E-state index is 0.347. The van der Waals surface area contributed by atoms with Gasteiger partial charge in [-0.2, -0.15) is 5.26 Å². The zero-order valence-corrected chi connectivity index (χ0v) is 10.3. The van der Waals surface area contributed by atoms with Crippen LogP contribution in [0.5, 0.6) is 0 Å². The van der Waals surface area contributed by atoms with Gasteiger partial charge in [-0.15, -0.1) is 11.8 Å². The van der Waals surface area contributed by atoms with Gasteiger partial charge in [0, 0.05) is 10.6 Å². The van der Waals surface area contributed by atoms with Crippen LogP contribution >= 0.6 is 11.8 Å². The van der Waals surface area contributed by atoms with Crippen LogP contribution in [0.1, 0.15) is 11.5 Å². The number of thioether (sulfide) groups is 1. The Bertz CT molecular complexity index is 542. The Morgan fingerprint density at radius 3 is 2.94 bits per heavy atom. The predicted molar refractivity (Wildman–Crippen MR) is 69.0 cm³/mol. The van der Waals surface area contributed by atoms with E-state index in [2.05, 4.69) is 17.4 Å². The van der Waals surface area contributed by atoms with Crippen LogP contribution in [0.3, 0.4) is 0 Å². The van der Waals surface area contributed by atoms with Crippen LogP contribution in [-0.2, 0) is 6.54 Å². The Morgan fingerprint density at radius 2 is 2.24 bits per heavy atom. The first kappa shape index (κ1) is 11.6. The van der Waals surface area contributed by atoms with Crippen molar-refractivity contribution in [2.45, 2.75) is 11.4 Å². The molecule has 0 atom stereocenters. The van der Waals surface area contributed by atoms with Gasteiger partial charge in [0.15, 0.2) is 0 Å². The molecule has 3 nitrogen and oxygen atoms in total. The van der Waals surface area contributed by atoms with E-state index in [9.17, 15) is 0 Å². The van der Waals surface area contributed by atoms with Gasteiger partial charge in [0.05, 0.1) is 6.54 Å². The molecule has 0 saturated heterocycles. The first-order chi connectivity index (χ1) is 8.31. The number of anilines is 1. The molecule has 0 fully saturated rings. The Labute approximate surface area is 104 Å². The van der Waals surface area contributed by atoms with Crippen molar-refractivity contribution in [3.8, 4) is 6.07 Å². The van der Waals surface area contributed by atoms with Crippen LogP contribution in [-0.4, -0.2) is 6.26 Å². The summed E-state index contributed by atoms with van der Waals surface area (Å²) in [6, 6.07) is 13.6. The lowest BCUT2D eigenvalue weighted by molar-refractivity contribution is 0.506. The standard InChI is InChI=1S/C13H12N2OS/c1-17-13-4-2-3-10(7-13)15-9-12-6-5-11(8-14)16-12/h2-7,15H,9H2,1H3. The lowest BCUT2D eigenvalue weighted by Gasteiger charge is -2.05. The van der Waals surface area contributed by atoms with Crippen LogP contribution in [0.2, 0.25) is 0 Å². The molecule has 0 spiro atoms. The number of nitrogens with zero attached hydrogens (tertiary/aromatic N) is 1. The maximum Gasteiger partial charge on any atom is 0.203 e. The Morgan fingerprint density at radius 1 is 1.35 bits per heavy atom. The van der Waals surface area contributed by atoms with E-state index in [4.69, 9.17) is 9.68 Å². The molecule has 1 heterocycles. The molecule has 0 aliphatic carbocycles. The van der Waals surface area contributed by atoms with Gasteiger partial charge >= 0.3 is 0 Å². The fourth-order valence-corrected chi connectivity index (χ4v) is 1.91. The number of rotatable bonds is 4. The van der Waals surface area contributed by atoms with E-state index in [1.54, 1.807) is 17.8 Å². The summed E-state index contributed by atoms with van der Waals surface area (Å²) < 4.78 is 5.28. The highest BCUT2D eigenvalue weighted by atomic mass is 32.2. The highest BCUT2D eigenvalue weighted by Crippen LogP contribution is 2.19. The molecule has 86 valence electrons. The van der Waals surface area contributed by atoms with Crippen molar-refractivity contribution in [3.63, 3.8) is 0 Å². The fraction of sp³-hybridized carbons (Fsp3) is 0.154. The molecule has 2 rings (SSSR count). The van der Waals surface area contributed by atoms with E-state index in [1.807, 2.05) is 30.5 Å². The quantitative estimate of drug-likeness (QED) is 0.836. The lowest BCUT2D eigenvalue weighted by Crippen LogP contribution is -1.97. The molecule has 0 unspecified atom stereocenters. The summed E-state index contributed by atoms with van der Waals surface area (Å²) in [5.74, 6) is 1.11. The van der Waals surface area contributed by atoms with E-state index >= 15 is 0 Å². The summed E-state index contributed by atoms with van der Waals surface area (Å²) in [4.78, 5) is 1.21. The number of nitrogens with one attached hydrogen (secondary N) is 1. The number of furan rings is 1. The van der Waals surface area contributed by atoms with Crippen molar-refractivity contribution in [2.75, 3.05) is 11.6 Å². The van der Waals surface area contributed by atoms with E-state index in [0.717, 1.165) is 11.4 Å². The van der Waals surface area contributed by atoms with Crippen molar-refractivity contribution >= 4 is 17.4 Å². The minimum absolute atomic E-state index is 0.347. The average Bonchev–Trinajstić information content (AvgIpc) is 2.84. The molecule has 0 aliphatic rings. The smallest absolute Gasteiger partial charge is 0.203 e. The molecule has 17 heavy (non-hydrogen) atoms. The second-order valence-electron chi connectivity index (χ2n) is 3.46. The minimum Gasteiger partial charge on any atom is -0.449 e. The molecular weight excluding hydrogens is 232 g/mol. The first-order valence-corrected chi connectivity index (χ1v) is 6.41.